The van der Waals surface area contributed by atoms with Crippen molar-refractivity contribution in [2.75, 3.05) is 33.5 Å². The summed E-state index contributed by atoms with van der Waals surface area (Å²) in [6.45, 7) is 0.596. The Hall–Kier alpha value is -1.31. The molecule has 1 aliphatic rings. The molecule has 0 atom stereocenters. The molecule has 2 rings (SSSR count). The van der Waals surface area contributed by atoms with Crippen molar-refractivity contribution in [3.63, 3.8) is 0 Å². The van der Waals surface area contributed by atoms with Crippen molar-refractivity contribution < 1.29 is 4.79 Å². The highest BCUT2D eigenvalue weighted by atomic mass is 127. The lowest BCUT2D eigenvalue weighted by Crippen LogP contribution is -2.35. The Kier molecular flexibility index (Phi) is 9.24. The van der Waals surface area contributed by atoms with Gasteiger partial charge < -0.3 is 15.1 Å². The number of aliphatic imine (C=N–C) groups is 1. The molecule has 5 nitrogen and oxygen atoms in total. The van der Waals surface area contributed by atoms with E-state index in [1.165, 1.54) is 19.3 Å². The molecule has 0 saturated heterocycles. The third kappa shape index (κ3) is 6.84. The quantitative estimate of drug-likeness (QED) is 0.424. The van der Waals surface area contributed by atoms with Crippen molar-refractivity contribution in [2.24, 2.45) is 10.9 Å². The zero-order chi connectivity index (χ0) is 17.5. The first-order valence-corrected chi connectivity index (χ1v) is 8.76. The molecule has 1 aromatic carbocycles. The molecule has 1 saturated carbocycles. The molecule has 6 heteroatoms. The number of hydrogen-bond acceptors (Lipinski definition) is 2. The first-order chi connectivity index (χ1) is 11.5. The van der Waals surface area contributed by atoms with Crippen LogP contribution in [0.5, 0.6) is 0 Å². The van der Waals surface area contributed by atoms with Gasteiger partial charge >= 0.3 is 0 Å². The zero-order valence-corrected chi connectivity index (χ0v) is 18.1. The zero-order valence-electron chi connectivity index (χ0n) is 15.8. The van der Waals surface area contributed by atoms with Gasteiger partial charge in [0.1, 0.15) is 0 Å². The number of guanidine groups is 1. The van der Waals surface area contributed by atoms with E-state index in [0.29, 0.717) is 6.54 Å². The molecule has 0 heterocycles. The van der Waals surface area contributed by atoms with Crippen LogP contribution in [0, 0.1) is 5.92 Å². The number of anilines is 1. The normalized spacial score (nSPS) is 14.2. The average Bonchev–Trinajstić information content (AvgIpc) is 2.55. The first kappa shape index (κ1) is 21.7. The summed E-state index contributed by atoms with van der Waals surface area (Å²) in [5.74, 6) is 1.26. The molecule has 140 valence electrons. The van der Waals surface area contributed by atoms with E-state index in [9.17, 15) is 4.79 Å². The number of benzene rings is 1. The van der Waals surface area contributed by atoms with E-state index in [2.05, 4.69) is 10.3 Å². The molecule has 1 N–H and O–H groups in total. The smallest absolute Gasteiger partial charge is 0.227 e. The van der Waals surface area contributed by atoms with Crippen molar-refractivity contribution in [3.8, 4) is 0 Å². The van der Waals surface area contributed by atoms with Crippen molar-refractivity contribution in [2.45, 2.75) is 38.6 Å². The first-order valence-electron chi connectivity index (χ1n) is 8.76. The summed E-state index contributed by atoms with van der Waals surface area (Å²) in [5.41, 5.74) is 1.96. The van der Waals surface area contributed by atoms with Crippen LogP contribution in [-0.4, -0.2) is 49.9 Å². The minimum Gasteiger partial charge on any atom is -0.349 e. The molecule has 0 aliphatic heterocycles. The minimum absolute atomic E-state index is 0. The highest BCUT2D eigenvalue weighted by Crippen LogP contribution is 2.25. The third-order valence-electron chi connectivity index (χ3n) is 4.37. The van der Waals surface area contributed by atoms with Crippen molar-refractivity contribution in [3.05, 3.63) is 29.8 Å². The maximum atomic E-state index is 12.4. The number of nitrogens with one attached hydrogen (secondary N) is 1. The summed E-state index contributed by atoms with van der Waals surface area (Å²) < 4.78 is 0. The van der Waals surface area contributed by atoms with Gasteiger partial charge in [-0.25, -0.2) is 4.99 Å². The van der Waals surface area contributed by atoms with Crippen LogP contribution in [0.4, 0.5) is 5.69 Å². The monoisotopic (exact) mass is 458 g/mol. The third-order valence-corrected chi connectivity index (χ3v) is 4.37. The number of rotatable bonds is 4. The molecule has 1 amide bonds. The average molecular weight is 458 g/mol. The van der Waals surface area contributed by atoms with E-state index in [1.54, 1.807) is 0 Å². The van der Waals surface area contributed by atoms with Crippen LogP contribution < -0.4 is 5.32 Å². The molecule has 1 aliphatic carbocycles. The molecule has 0 radical (unpaired) electrons. The van der Waals surface area contributed by atoms with Crippen molar-refractivity contribution in [1.82, 2.24) is 9.80 Å². The summed E-state index contributed by atoms with van der Waals surface area (Å²) in [6.07, 6.45) is 5.64. The van der Waals surface area contributed by atoms with E-state index in [0.717, 1.165) is 30.1 Å². The fourth-order valence-electron chi connectivity index (χ4n) is 3.20. The second kappa shape index (κ2) is 10.6. The van der Waals surface area contributed by atoms with Gasteiger partial charge in [-0.1, -0.05) is 31.4 Å². The summed E-state index contributed by atoms with van der Waals surface area (Å²) in [6, 6.07) is 7.99. The van der Waals surface area contributed by atoms with E-state index < -0.39 is 0 Å². The van der Waals surface area contributed by atoms with Gasteiger partial charge in [0, 0.05) is 39.8 Å². The van der Waals surface area contributed by atoms with Gasteiger partial charge in [0.05, 0.1) is 6.54 Å². The van der Waals surface area contributed by atoms with Crippen LogP contribution >= 0.6 is 24.0 Å². The van der Waals surface area contributed by atoms with Crippen LogP contribution in [0.25, 0.3) is 0 Å². The standard InChI is InChI=1S/C19H30N4O.HI/c1-22(2)19(23(3)4)20-14-15-9-8-12-17(13-15)21-18(24)16-10-6-5-7-11-16;/h8-9,12-13,16H,5-7,10-11,14H2,1-4H3,(H,21,24);1H. The lowest BCUT2D eigenvalue weighted by Gasteiger charge is -2.22. The van der Waals surface area contributed by atoms with Gasteiger partial charge in [-0.15, -0.1) is 24.0 Å². The highest BCUT2D eigenvalue weighted by Gasteiger charge is 2.20. The molecule has 1 aromatic rings. The highest BCUT2D eigenvalue weighted by molar-refractivity contribution is 14.0. The Morgan fingerprint density at radius 1 is 1.12 bits per heavy atom. The SMILES string of the molecule is CN(C)C(=NCc1cccc(NC(=O)C2CCCCC2)c1)N(C)C.I. The van der Waals surface area contributed by atoms with Gasteiger partial charge in [-0.2, -0.15) is 0 Å². The van der Waals surface area contributed by atoms with Crippen LogP contribution in [-0.2, 0) is 11.3 Å². The summed E-state index contributed by atoms with van der Waals surface area (Å²) in [5, 5.41) is 3.08. The Morgan fingerprint density at radius 3 is 2.36 bits per heavy atom. The van der Waals surface area contributed by atoms with E-state index in [1.807, 2.05) is 62.3 Å². The fourth-order valence-corrected chi connectivity index (χ4v) is 3.20. The number of nitrogens with zero attached hydrogens (tertiary/aromatic N) is 3. The van der Waals surface area contributed by atoms with Crippen molar-refractivity contribution >= 4 is 41.5 Å². The lowest BCUT2D eigenvalue weighted by molar-refractivity contribution is -0.120. The molecular weight excluding hydrogens is 427 g/mol. The molecular formula is C19H31IN4O. The largest absolute Gasteiger partial charge is 0.349 e. The second-order valence-electron chi connectivity index (χ2n) is 6.93. The Morgan fingerprint density at radius 2 is 1.76 bits per heavy atom. The predicted octanol–water partition coefficient (Wildman–Crippen LogP) is 3.80. The van der Waals surface area contributed by atoms with Crippen LogP contribution in [0.15, 0.2) is 29.3 Å². The van der Waals surface area contributed by atoms with Crippen LogP contribution in [0.2, 0.25) is 0 Å². The maximum Gasteiger partial charge on any atom is 0.227 e. The number of carbonyl (C=O) groups excluding carboxylic acids is 1. The van der Waals surface area contributed by atoms with Crippen molar-refractivity contribution in [1.29, 1.82) is 0 Å². The number of amides is 1. The number of hydrogen-bond donors (Lipinski definition) is 1. The topological polar surface area (TPSA) is 47.9 Å². The van der Waals surface area contributed by atoms with E-state index in [-0.39, 0.29) is 35.8 Å². The molecule has 25 heavy (non-hydrogen) atoms. The number of carbonyl (C=O) groups is 1. The van der Waals surface area contributed by atoms with Gasteiger partial charge in [0.15, 0.2) is 5.96 Å². The van der Waals surface area contributed by atoms with Crippen LogP contribution in [0.3, 0.4) is 0 Å². The summed E-state index contributed by atoms with van der Waals surface area (Å²) in [7, 11) is 7.94. The molecule has 0 unspecified atom stereocenters. The Balaban J connectivity index is 0.00000312. The molecule has 0 spiro atoms. The summed E-state index contributed by atoms with van der Waals surface area (Å²) in [4.78, 5) is 21.0. The minimum atomic E-state index is 0. The molecule has 0 aromatic heterocycles. The van der Waals surface area contributed by atoms with Gasteiger partial charge in [0.25, 0.3) is 0 Å². The van der Waals surface area contributed by atoms with E-state index in [4.69, 9.17) is 0 Å². The van der Waals surface area contributed by atoms with Gasteiger partial charge in [-0.05, 0) is 30.5 Å². The Bertz CT molecular complexity index is 571. The number of halogens is 1. The molecule has 1 fully saturated rings. The predicted molar refractivity (Wildman–Crippen MR) is 116 cm³/mol. The maximum absolute atomic E-state index is 12.4. The van der Waals surface area contributed by atoms with Gasteiger partial charge in [0.2, 0.25) is 5.91 Å². The molecule has 0 bridgehead atoms. The lowest BCUT2D eigenvalue weighted by atomic mass is 9.88. The Labute approximate surface area is 168 Å². The van der Waals surface area contributed by atoms with E-state index >= 15 is 0 Å². The van der Waals surface area contributed by atoms with Gasteiger partial charge in [-0.3, -0.25) is 4.79 Å². The second-order valence-corrected chi connectivity index (χ2v) is 6.93. The van der Waals surface area contributed by atoms with Crippen LogP contribution in [0.1, 0.15) is 37.7 Å². The fraction of sp³-hybridized carbons (Fsp3) is 0.579. The summed E-state index contributed by atoms with van der Waals surface area (Å²) >= 11 is 0.